The Bertz CT molecular complexity index is 1040. The first-order chi connectivity index (χ1) is 15.5. The number of carbonyl (C=O) groups is 1. The summed E-state index contributed by atoms with van der Waals surface area (Å²) in [7, 11) is 0. The number of ether oxygens (including phenoxy) is 2. The van der Waals surface area contributed by atoms with Crippen LogP contribution >= 0.6 is 0 Å². The minimum Gasteiger partial charge on any atom is -0.492 e. The normalized spacial score (nSPS) is 14.0. The fourth-order valence-electron chi connectivity index (χ4n) is 3.81. The predicted octanol–water partition coefficient (Wildman–Crippen LogP) is 1.82. The minimum atomic E-state index is -0.386. The van der Waals surface area contributed by atoms with Crippen LogP contribution in [0.4, 0.5) is 0 Å². The summed E-state index contributed by atoms with van der Waals surface area (Å²) in [6.07, 6.45) is 0.730. The number of hydrogen-bond donors (Lipinski definition) is 2. The van der Waals surface area contributed by atoms with Crippen molar-refractivity contribution in [3.05, 3.63) is 62.6 Å². The lowest BCUT2D eigenvalue weighted by Gasteiger charge is -2.26. The van der Waals surface area contributed by atoms with Crippen LogP contribution in [0.3, 0.4) is 0 Å². The lowest BCUT2D eigenvalue weighted by atomic mass is 9.99. The monoisotopic (exact) mass is 438 g/mol. The standard InChI is InChI=1S/C24H30N4O4/c1-17-21(18(2)27-24(30)22(17)15-25)6-7-23(29)26-16-19-4-3-5-20(14-19)32-13-10-28-8-11-31-12-9-28/h3-5,14H,6-13,16H2,1-2H3,(H,26,29)(H,27,30). The van der Waals surface area contributed by atoms with Crippen LogP contribution < -0.4 is 15.6 Å². The zero-order valence-corrected chi connectivity index (χ0v) is 18.7. The zero-order valence-electron chi connectivity index (χ0n) is 18.7. The second kappa shape index (κ2) is 11.5. The van der Waals surface area contributed by atoms with E-state index < -0.39 is 0 Å². The quantitative estimate of drug-likeness (QED) is 0.618. The van der Waals surface area contributed by atoms with Gasteiger partial charge in [-0.05, 0) is 49.1 Å². The summed E-state index contributed by atoms with van der Waals surface area (Å²) in [5.41, 5.74) is 2.86. The Morgan fingerprint density at radius 2 is 2.09 bits per heavy atom. The predicted molar refractivity (Wildman–Crippen MR) is 121 cm³/mol. The summed E-state index contributed by atoms with van der Waals surface area (Å²) in [6.45, 7) is 8.83. The number of aromatic nitrogens is 1. The summed E-state index contributed by atoms with van der Waals surface area (Å²) in [6, 6.07) is 9.66. The van der Waals surface area contributed by atoms with Gasteiger partial charge in [-0.2, -0.15) is 5.26 Å². The highest BCUT2D eigenvalue weighted by Crippen LogP contribution is 2.16. The van der Waals surface area contributed by atoms with Gasteiger partial charge in [0.15, 0.2) is 0 Å². The molecule has 0 saturated carbocycles. The minimum absolute atomic E-state index is 0.0906. The van der Waals surface area contributed by atoms with Crippen LogP contribution in [0.2, 0.25) is 0 Å². The van der Waals surface area contributed by atoms with E-state index >= 15 is 0 Å². The topological polar surface area (TPSA) is 107 Å². The molecule has 2 N–H and O–H groups in total. The van der Waals surface area contributed by atoms with Crippen molar-refractivity contribution in [3.8, 4) is 11.8 Å². The summed E-state index contributed by atoms with van der Waals surface area (Å²) in [5.74, 6) is 0.695. The largest absolute Gasteiger partial charge is 0.492 e. The van der Waals surface area contributed by atoms with Gasteiger partial charge in [0, 0.05) is 38.3 Å². The first kappa shape index (κ1) is 23.5. The molecule has 0 unspecified atom stereocenters. The number of morpholine rings is 1. The Morgan fingerprint density at radius 3 is 2.84 bits per heavy atom. The zero-order chi connectivity index (χ0) is 22.9. The van der Waals surface area contributed by atoms with E-state index in [1.165, 1.54) is 0 Å². The van der Waals surface area contributed by atoms with E-state index in [0.29, 0.717) is 30.8 Å². The van der Waals surface area contributed by atoms with Crippen LogP contribution in [0.25, 0.3) is 0 Å². The molecule has 1 aliphatic rings. The van der Waals surface area contributed by atoms with Crippen LogP contribution in [0.15, 0.2) is 29.1 Å². The van der Waals surface area contributed by atoms with Gasteiger partial charge in [-0.25, -0.2) is 0 Å². The van der Waals surface area contributed by atoms with Gasteiger partial charge < -0.3 is 19.8 Å². The molecule has 1 saturated heterocycles. The number of nitriles is 1. The van der Waals surface area contributed by atoms with E-state index in [-0.39, 0.29) is 23.5 Å². The highest BCUT2D eigenvalue weighted by molar-refractivity contribution is 5.76. The molecule has 0 aliphatic carbocycles. The van der Waals surface area contributed by atoms with Gasteiger partial charge in [-0.1, -0.05) is 12.1 Å². The third-order valence-electron chi connectivity index (χ3n) is 5.69. The van der Waals surface area contributed by atoms with Crippen LogP contribution in [0.1, 0.15) is 34.4 Å². The third-order valence-corrected chi connectivity index (χ3v) is 5.69. The molecule has 2 heterocycles. The lowest BCUT2D eigenvalue weighted by molar-refractivity contribution is -0.121. The number of amides is 1. The van der Waals surface area contributed by atoms with Crippen molar-refractivity contribution in [2.24, 2.45) is 0 Å². The molecular weight excluding hydrogens is 408 g/mol. The lowest BCUT2D eigenvalue weighted by Crippen LogP contribution is -2.38. The average Bonchev–Trinajstić information content (AvgIpc) is 2.78. The third kappa shape index (κ3) is 6.42. The van der Waals surface area contributed by atoms with Gasteiger partial charge in [0.1, 0.15) is 24.0 Å². The van der Waals surface area contributed by atoms with Crippen molar-refractivity contribution in [3.63, 3.8) is 0 Å². The van der Waals surface area contributed by atoms with Crippen molar-refractivity contribution in [2.75, 3.05) is 39.5 Å². The Morgan fingerprint density at radius 1 is 1.31 bits per heavy atom. The van der Waals surface area contributed by atoms with Crippen molar-refractivity contribution >= 4 is 5.91 Å². The van der Waals surface area contributed by atoms with Crippen molar-refractivity contribution in [2.45, 2.75) is 33.2 Å². The van der Waals surface area contributed by atoms with Gasteiger partial charge in [-0.3, -0.25) is 14.5 Å². The Hall–Kier alpha value is -3.15. The molecule has 1 amide bonds. The number of benzene rings is 1. The van der Waals surface area contributed by atoms with E-state index in [2.05, 4.69) is 15.2 Å². The highest BCUT2D eigenvalue weighted by Gasteiger charge is 2.13. The van der Waals surface area contributed by atoms with Crippen LogP contribution in [0.5, 0.6) is 5.75 Å². The maximum absolute atomic E-state index is 12.4. The molecule has 32 heavy (non-hydrogen) atoms. The molecule has 1 aromatic carbocycles. The molecule has 1 aromatic heterocycles. The van der Waals surface area contributed by atoms with E-state index in [9.17, 15) is 14.9 Å². The van der Waals surface area contributed by atoms with Crippen molar-refractivity contribution in [1.29, 1.82) is 5.26 Å². The van der Waals surface area contributed by atoms with Crippen LogP contribution in [-0.2, 0) is 22.5 Å². The number of aryl methyl sites for hydroxylation is 1. The van der Waals surface area contributed by atoms with E-state index in [1.54, 1.807) is 13.8 Å². The van der Waals surface area contributed by atoms with Crippen LogP contribution in [0, 0.1) is 25.2 Å². The number of pyridine rings is 1. The Kier molecular flexibility index (Phi) is 8.42. The highest BCUT2D eigenvalue weighted by atomic mass is 16.5. The Balaban J connectivity index is 1.46. The number of hydrogen-bond acceptors (Lipinski definition) is 6. The second-order valence-corrected chi connectivity index (χ2v) is 7.90. The van der Waals surface area contributed by atoms with E-state index in [4.69, 9.17) is 9.47 Å². The van der Waals surface area contributed by atoms with Gasteiger partial charge in [0.05, 0.1) is 13.2 Å². The van der Waals surface area contributed by atoms with E-state index in [0.717, 1.165) is 49.7 Å². The molecule has 0 spiro atoms. The first-order valence-corrected chi connectivity index (χ1v) is 10.9. The molecule has 1 fully saturated rings. The van der Waals surface area contributed by atoms with Crippen molar-refractivity contribution in [1.82, 2.24) is 15.2 Å². The van der Waals surface area contributed by atoms with Crippen LogP contribution in [-0.4, -0.2) is 55.2 Å². The maximum Gasteiger partial charge on any atom is 0.266 e. The summed E-state index contributed by atoms with van der Waals surface area (Å²) in [4.78, 5) is 29.2. The summed E-state index contributed by atoms with van der Waals surface area (Å²) in [5, 5.41) is 12.1. The summed E-state index contributed by atoms with van der Waals surface area (Å²) < 4.78 is 11.2. The van der Waals surface area contributed by atoms with Gasteiger partial charge in [-0.15, -0.1) is 0 Å². The molecule has 8 heteroatoms. The molecular formula is C24H30N4O4. The molecule has 0 radical (unpaired) electrons. The average molecular weight is 439 g/mol. The van der Waals surface area contributed by atoms with Gasteiger partial charge in [0.2, 0.25) is 5.91 Å². The first-order valence-electron chi connectivity index (χ1n) is 10.9. The maximum atomic E-state index is 12.4. The molecule has 0 atom stereocenters. The number of nitrogens with zero attached hydrogens (tertiary/aromatic N) is 2. The Labute approximate surface area is 188 Å². The molecule has 8 nitrogen and oxygen atoms in total. The fourth-order valence-corrected chi connectivity index (χ4v) is 3.81. The molecule has 0 bridgehead atoms. The second-order valence-electron chi connectivity index (χ2n) is 7.90. The van der Waals surface area contributed by atoms with Gasteiger partial charge >= 0.3 is 0 Å². The molecule has 2 aromatic rings. The van der Waals surface area contributed by atoms with Crippen molar-refractivity contribution < 1.29 is 14.3 Å². The number of carbonyl (C=O) groups excluding carboxylic acids is 1. The molecule has 170 valence electrons. The number of rotatable bonds is 9. The number of nitrogens with one attached hydrogen (secondary N) is 2. The molecule has 3 rings (SSSR count). The summed E-state index contributed by atoms with van der Waals surface area (Å²) >= 11 is 0. The van der Waals surface area contributed by atoms with E-state index in [1.807, 2.05) is 30.3 Å². The number of aromatic amines is 1. The fraction of sp³-hybridized carbons (Fsp3) is 0.458. The molecule has 1 aliphatic heterocycles. The number of H-pyrrole nitrogens is 1. The SMILES string of the molecule is Cc1[nH]c(=O)c(C#N)c(C)c1CCC(=O)NCc1cccc(OCCN2CCOCC2)c1. The van der Waals surface area contributed by atoms with Gasteiger partial charge in [0.25, 0.3) is 5.56 Å². The smallest absolute Gasteiger partial charge is 0.266 e.